The second-order valence-electron chi connectivity index (χ2n) is 4.47. The molecule has 0 amide bonds. The Morgan fingerprint density at radius 2 is 1.58 bits per heavy atom. The van der Waals surface area contributed by atoms with Crippen molar-refractivity contribution >= 4 is 11.8 Å². The molecule has 2 aromatic rings. The van der Waals surface area contributed by atoms with E-state index in [1.54, 1.807) is 0 Å². The average molecular weight is 249 g/mol. The Labute approximate surface area is 115 Å². The van der Waals surface area contributed by atoms with Crippen molar-refractivity contribution in [2.24, 2.45) is 0 Å². The van der Waals surface area contributed by atoms with Gasteiger partial charge in [0.25, 0.3) is 0 Å². The lowest BCUT2D eigenvalue weighted by Gasteiger charge is -2.29. The van der Waals surface area contributed by atoms with Crippen molar-refractivity contribution in [2.45, 2.75) is 6.04 Å². The fraction of sp³-hybridized carbons (Fsp3) is 0.111. The molecule has 0 aliphatic heterocycles. The molecule has 2 rings (SSSR count). The topological polar surface area (TPSA) is 3.24 Å². The standard InChI is InChI=1S/C18H19N/c1-4-15-11-9-10-14-18(15)19(3)17(5-2)16-12-7-6-8-13-16/h4-14,17H,1-2H2,3H3. The molecule has 0 aliphatic rings. The van der Waals surface area contributed by atoms with Crippen molar-refractivity contribution in [3.63, 3.8) is 0 Å². The highest BCUT2D eigenvalue weighted by Gasteiger charge is 2.15. The SMILES string of the molecule is C=Cc1ccccc1N(C)C(C=C)c1ccccc1. The number of benzene rings is 2. The molecule has 0 bridgehead atoms. The first-order valence-corrected chi connectivity index (χ1v) is 6.39. The van der Waals surface area contributed by atoms with E-state index in [2.05, 4.69) is 61.5 Å². The van der Waals surface area contributed by atoms with E-state index in [1.165, 1.54) is 5.56 Å². The Morgan fingerprint density at radius 1 is 0.947 bits per heavy atom. The van der Waals surface area contributed by atoms with Crippen LogP contribution in [0.15, 0.2) is 73.8 Å². The zero-order valence-corrected chi connectivity index (χ0v) is 11.3. The number of nitrogens with zero attached hydrogens (tertiary/aromatic N) is 1. The molecule has 0 heterocycles. The van der Waals surface area contributed by atoms with Gasteiger partial charge < -0.3 is 4.90 Å². The molecule has 1 nitrogen and oxygen atoms in total. The van der Waals surface area contributed by atoms with Gasteiger partial charge in [0.05, 0.1) is 6.04 Å². The van der Waals surface area contributed by atoms with E-state index in [0.29, 0.717) is 0 Å². The molecule has 2 aromatic carbocycles. The molecule has 0 fully saturated rings. The summed E-state index contributed by atoms with van der Waals surface area (Å²) in [6.07, 6.45) is 3.85. The minimum atomic E-state index is 0.155. The van der Waals surface area contributed by atoms with Crippen molar-refractivity contribution in [3.8, 4) is 0 Å². The summed E-state index contributed by atoms with van der Waals surface area (Å²) >= 11 is 0. The number of para-hydroxylation sites is 1. The quantitative estimate of drug-likeness (QED) is 0.695. The van der Waals surface area contributed by atoms with Crippen LogP contribution in [0.5, 0.6) is 0 Å². The Bertz CT molecular complexity index is 557. The summed E-state index contributed by atoms with van der Waals surface area (Å²) in [7, 11) is 2.08. The fourth-order valence-corrected chi connectivity index (χ4v) is 2.30. The highest BCUT2D eigenvalue weighted by molar-refractivity contribution is 5.67. The van der Waals surface area contributed by atoms with Crippen LogP contribution in [0.2, 0.25) is 0 Å². The van der Waals surface area contributed by atoms with Gasteiger partial charge in [-0.3, -0.25) is 0 Å². The van der Waals surface area contributed by atoms with Crippen LogP contribution in [0, 0.1) is 0 Å². The van der Waals surface area contributed by atoms with Crippen molar-refractivity contribution in [2.75, 3.05) is 11.9 Å². The van der Waals surface area contributed by atoms with E-state index in [9.17, 15) is 0 Å². The lowest BCUT2D eigenvalue weighted by Crippen LogP contribution is -2.23. The molecule has 1 heteroatoms. The molecule has 19 heavy (non-hydrogen) atoms. The van der Waals surface area contributed by atoms with Crippen LogP contribution in [0.3, 0.4) is 0 Å². The number of anilines is 1. The summed E-state index contributed by atoms with van der Waals surface area (Å²) in [5.41, 5.74) is 3.53. The third kappa shape index (κ3) is 2.76. The van der Waals surface area contributed by atoms with Gasteiger partial charge in [-0.2, -0.15) is 0 Å². The largest absolute Gasteiger partial charge is 0.364 e. The molecule has 0 spiro atoms. The summed E-state index contributed by atoms with van der Waals surface area (Å²) in [4.78, 5) is 2.22. The summed E-state index contributed by atoms with van der Waals surface area (Å²) in [5, 5.41) is 0. The predicted octanol–water partition coefficient (Wildman–Crippen LogP) is 4.69. The first-order valence-electron chi connectivity index (χ1n) is 6.39. The molecular formula is C18H19N. The summed E-state index contributed by atoms with van der Waals surface area (Å²) in [5.74, 6) is 0. The second-order valence-corrected chi connectivity index (χ2v) is 4.47. The van der Waals surface area contributed by atoms with Crippen molar-refractivity contribution in [1.29, 1.82) is 0 Å². The average Bonchev–Trinajstić information content (AvgIpc) is 2.49. The molecule has 0 radical (unpaired) electrons. The Morgan fingerprint density at radius 3 is 2.21 bits per heavy atom. The number of hydrogen-bond donors (Lipinski definition) is 0. The highest BCUT2D eigenvalue weighted by Crippen LogP contribution is 2.29. The Kier molecular flexibility index (Phi) is 4.19. The van der Waals surface area contributed by atoms with Crippen LogP contribution >= 0.6 is 0 Å². The summed E-state index contributed by atoms with van der Waals surface area (Å²) in [6, 6.07) is 18.8. The normalized spacial score (nSPS) is 11.6. The molecule has 1 atom stereocenters. The van der Waals surface area contributed by atoms with Gasteiger partial charge in [0, 0.05) is 12.7 Å². The van der Waals surface area contributed by atoms with E-state index in [1.807, 2.05) is 30.4 Å². The maximum absolute atomic E-state index is 3.97. The minimum Gasteiger partial charge on any atom is -0.364 e. The molecule has 0 saturated carbocycles. The predicted molar refractivity (Wildman–Crippen MR) is 84.3 cm³/mol. The van der Waals surface area contributed by atoms with Gasteiger partial charge in [-0.25, -0.2) is 0 Å². The fourth-order valence-electron chi connectivity index (χ4n) is 2.30. The van der Waals surface area contributed by atoms with Gasteiger partial charge in [0.2, 0.25) is 0 Å². The van der Waals surface area contributed by atoms with Gasteiger partial charge >= 0.3 is 0 Å². The van der Waals surface area contributed by atoms with Crippen molar-refractivity contribution < 1.29 is 0 Å². The lowest BCUT2D eigenvalue weighted by molar-refractivity contribution is 0.811. The molecule has 96 valence electrons. The van der Waals surface area contributed by atoms with Gasteiger partial charge in [-0.15, -0.1) is 6.58 Å². The third-order valence-electron chi connectivity index (χ3n) is 3.32. The third-order valence-corrected chi connectivity index (χ3v) is 3.32. The number of hydrogen-bond acceptors (Lipinski definition) is 1. The number of rotatable bonds is 5. The molecule has 0 saturated heterocycles. The van der Waals surface area contributed by atoms with E-state index < -0.39 is 0 Å². The van der Waals surface area contributed by atoms with Crippen LogP contribution in [0.1, 0.15) is 17.2 Å². The van der Waals surface area contributed by atoms with E-state index >= 15 is 0 Å². The molecule has 0 N–H and O–H groups in total. The van der Waals surface area contributed by atoms with Crippen LogP contribution in [0.25, 0.3) is 6.08 Å². The Hall–Kier alpha value is -2.28. The molecule has 0 aliphatic carbocycles. The smallest absolute Gasteiger partial charge is 0.0720 e. The zero-order chi connectivity index (χ0) is 13.7. The molecule has 1 unspecified atom stereocenters. The van der Waals surface area contributed by atoms with Crippen LogP contribution in [0.4, 0.5) is 5.69 Å². The molecular weight excluding hydrogens is 230 g/mol. The molecule has 0 aromatic heterocycles. The first-order chi connectivity index (χ1) is 9.27. The summed E-state index contributed by atoms with van der Waals surface area (Å²) < 4.78 is 0. The van der Waals surface area contributed by atoms with Crippen molar-refractivity contribution in [1.82, 2.24) is 0 Å². The maximum atomic E-state index is 3.97. The van der Waals surface area contributed by atoms with E-state index in [0.717, 1.165) is 11.3 Å². The lowest BCUT2D eigenvalue weighted by atomic mass is 10.0. The van der Waals surface area contributed by atoms with E-state index in [-0.39, 0.29) is 6.04 Å². The first kappa shape index (κ1) is 13.2. The maximum Gasteiger partial charge on any atom is 0.0720 e. The highest BCUT2D eigenvalue weighted by atomic mass is 15.1. The van der Waals surface area contributed by atoms with Crippen molar-refractivity contribution in [3.05, 3.63) is 85.0 Å². The van der Waals surface area contributed by atoms with Gasteiger partial charge in [0.1, 0.15) is 0 Å². The zero-order valence-electron chi connectivity index (χ0n) is 11.3. The monoisotopic (exact) mass is 249 g/mol. The Balaban J connectivity index is 2.39. The second kappa shape index (κ2) is 6.05. The summed E-state index contributed by atoms with van der Waals surface area (Å²) in [6.45, 7) is 7.85. The van der Waals surface area contributed by atoms with Crippen LogP contribution in [-0.2, 0) is 0 Å². The van der Waals surface area contributed by atoms with Crippen LogP contribution < -0.4 is 4.90 Å². The van der Waals surface area contributed by atoms with E-state index in [4.69, 9.17) is 0 Å². The van der Waals surface area contributed by atoms with Gasteiger partial charge in [-0.05, 0) is 17.2 Å². The van der Waals surface area contributed by atoms with Gasteiger partial charge in [-0.1, -0.05) is 67.3 Å². The van der Waals surface area contributed by atoms with Crippen LogP contribution in [-0.4, -0.2) is 7.05 Å². The van der Waals surface area contributed by atoms with Gasteiger partial charge in [0.15, 0.2) is 0 Å². The minimum absolute atomic E-state index is 0.155. The number of likely N-dealkylation sites (N-methyl/N-ethyl adjacent to an activating group) is 1.